The summed E-state index contributed by atoms with van der Waals surface area (Å²) in [5.74, 6) is 0.0477. The smallest absolute Gasteiger partial charge is 0.258 e. The number of benzene rings is 2. The predicted octanol–water partition coefficient (Wildman–Crippen LogP) is 5.74. The minimum absolute atomic E-state index is 0.242. The number of anilines is 1. The number of carbonyl (C=O) groups is 1. The fraction of sp³-hybridized carbons (Fsp3) is 0.222. The van der Waals surface area contributed by atoms with Gasteiger partial charge in [-0.25, -0.2) is 0 Å². The van der Waals surface area contributed by atoms with Crippen LogP contribution in [-0.2, 0) is 0 Å². The van der Waals surface area contributed by atoms with Crippen LogP contribution in [0.4, 0.5) is 5.69 Å². The van der Waals surface area contributed by atoms with Crippen LogP contribution in [-0.4, -0.2) is 11.0 Å². The van der Waals surface area contributed by atoms with Crippen LogP contribution in [0, 0.1) is 0 Å². The van der Waals surface area contributed by atoms with Crippen LogP contribution in [0.2, 0.25) is 5.02 Å². The molecule has 2 rings (SSSR count). The molecule has 0 bridgehead atoms. The molecule has 0 aromatic heterocycles. The minimum Gasteiger partial charge on any atom is -0.332 e. The molecule has 0 spiro atoms. The maximum Gasteiger partial charge on any atom is 0.258 e. The second-order valence-corrected chi connectivity index (χ2v) is 7.16. The van der Waals surface area contributed by atoms with Gasteiger partial charge >= 0.3 is 0 Å². The number of rotatable bonds is 4. The SMILES string of the molecule is CCC(C)c1ccccc1NC(=S)NC(=O)c1cc(Br)ccc1Cl. The van der Waals surface area contributed by atoms with Crippen LogP contribution in [0.1, 0.15) is 42.1 Å². The summed E-state index contributed by atoms with van der Waals surface area (Å²) in [6.45, 7) is 4.29. The summed E-state index contributed by atoms with van der Waals surface area (Å²) in [4.78, 5) is 12.3. The van der Waals surface area contributed by atoms with Crippen molar-refractivity contribution in [3.8, 4) is 0 Å². The van der Waals surface area contributed by atoms with Crippen molar-refractivity contribution in [2.45, 2.75) is 26.2 Å². The molecule has 0 aliphatic rings. The van der Waals surface area contributed by atoms with Crippen LogP contribution in [0.3, 0.4) is 0 Å². The Hall–Kier alpha value is -1.43. The summed E-state index contributed by atoms with van der Waals surface area (Å²) >= 11 is 14.7. The van der Waals surface area contributed by atoms with Gasteiger partial charge in [0.2, 0.25) is 0 Å². The van der Waals surface area contributed by atoms with Crippen LogP contribution in [0.5, 0.6) is 0 Å². The molecule has 1 unspecified atom stereocenters. The third-order valence-electron chi connectivity index (χ3n) is 3.75. The third-order valence-corrected chi connectivity index (χ3v) is 4.78. The van der Waals surface area contributed by atoms with E-state index < -0.39 is 0 Å². The molecule has 0 aliphatic heterocycles. The Morgan fingerprint density at radius 3 is 2.71 bits per heavy atom. The lowest BCUT2D eigenvalue weighted by atomic mass is 9.97. The van der Waals surface area contributed by atoms with Crippen molar-refractivity contribution in [1.82, 2.24) is 5.32 Å². The summed E-state index contributed by atoms with van der Waals surface area (Å²) in [5, 5.41) is 6.39. The highest BCUT2D eigenvalue weighted by Gasteiger charge is 2.14. The molecule has 2 aromatic rings. The number of carbonyl (C=O) groups excluding carboxylic acids is 1. The maximum atomic E-state index is 12.3. The molecular weight excluding hydrogens is 408 g/mol. The molecule has 0 saturated heterocycles. The summed E-state index contributed by atoms with van der Waals surface area (Å²) < 4.78 is 0.776. The highest BCUT2D eigenvalue weighted by Crippen LogP contribution is 2.26. The van der Waals surface area contributed by atoms with Crippen molar-refractivity contribution in [3.05, 3.63) is 63.1 Å². The van der Waals surface area contributed by atoms with Gasteiger partial charge in [-0.05, 0) is 54.4 Å². The Kier molecular flexibility index (Phi) is 6.78. The van der Waals surface area contributed by atoms with Crippen molar-refractivity contribution < 1.29 is 4.79 Å². The number of hydrogen-bond donors (Lipinski definition) is 2. The van der Waals surface area contributed by atoms with E-state index in [0.29, 0.717) is 16.5 Å². The van der Waals surface area contributed by atoms with Gasteiger partial charge in [0.15, 0.2) is 5.11 Å². The lowest BCUT2D eigenvalue weighted by Gasteiger charge is -2.17. The first-order valence-electron chi connectivity index (χ1n) is 7.58. The van der Waals surface area contributed by atoms with Gasteiger partial charge in [-0.2, -0.15) is 0 Å². The normalized spacial score (nSPS) is 11.7. The zero-order valence-electron chi connectivity index (χ0n) is 13.4. The van der Waals surface area contributed by atoms with Gasteiger partial charge in [0.25, 0.3) is 5.91 Å². The number of thiocarbonyl (C=S) groups is 1. The zero-order chi connectivity index (χ0) is 17.7. The number of nitrogens with one attached hydrogen (secondary N) is 2. The fourth-order valence-electron chi connectivity index (χ4n) is 2.26. The Balaban J connectivity index is 2.11. The van der Waals surface area contributed by atoms with E-state index in [0.717, 1.165) is 22.1 Å². The van der Waals surface area contributed by atoms with Crippen molar-refractivity contribution in [1.29, 1.82) is 0 Å². The second kappa shape index (κ2) is 8.60. The molecule has 2 N–H and O–H groups in total. The molecule has 126 valence electrons. The first kappa shape index (κ1) is 18.9. The van der Waals surface area contributed by atoms with E-state index in [1.807, 2.05) is 18.2 Å². The average molecular weight is 426 g/mol. The fourth-order valence-corrected chi connectivity index (χ4v) is 3.02. The average Bonchev–Trinajstić information content (AvgIpc) is 2.56. The molecule has 0 aliphatic carbocycles. The van der Waals surface area contributed by atoms with E-state index in [4.69, 9.17) is 23.8 Å². The third kappa shape index (κ3) is 4.79. The van der Waals surface area contributed by atoms with Gasteiger partial charge < -0.3 is 5.32 Å². The Labute approximate surface area is 160 Å². The van der Waals surface area contributed by atoms with Crippen LogP contribution < -0.4 is 10.6 Å². The number of amides is 1. The van der Waals surface area contributed by atoms with Crippen LogP contribution in [0.25, 0.3) is 0 Å². The highest BCUT2D eigenvalue weighted by atomic mass is 79.9. The van der Waals surface area contributed by atoms with Gasteiger partial charge in [0.05, 0.1) is 10.6 Å². The Morgan fingerprint density at radius 1 is 1.29 bits per heavy atom. The predicted molar refractivity (Wildman–Crippen MR) is 108 cm³/mol. The monoisotopic (exact) mass is 424 g/mol. The molecule has 3 nitrogen and oxygen atoms in total. The van der Waals surface area contributed by atoms with E-state index in [1.54, 1.807) is 18.2 Å². The molecule has 0 radical (unpaired) electrons. The molecule has 2 aromatic carbocycles. The standard InChI is InChI=1S/C18H18BrClN2OS/c1-3-11(2)13-6-4-5-7-16(13)21-18(24)22-17(23)14-10-12(19)8-9-15(14)20/h4-11H,3H2,1-2H3,(H2,21,22,23,24). The van der Waals surface area contributed by atoms with Crippen LogP contribution in [0.15, 0.2) is 46.9 Å². The van der Waals surface area contributed by atoms with E-state index in [2.05, 4.69) is 46.5 Å². The van der Waals surface area contributed by atoms with Gasteiger partial charge in [-0.3, -0.25) is 10.1 Å². The van der Waals surface area contributed by atoms with Gasteiger partial charge in [-0.15, -0.1) is 0 Å². The van der Waals surface area contributed by atoms with E-state index in [-0.39, 0.29) is 11.0 Å². The number of para-hydroxylation sites is 1. The van der Waals surface area contributed by atoms with Crippen LogP contribution >= 0.6 is 39.7 Å². The summed E-state index contributed by atoms with van der Waals surface area (Å²) in [6.07, 6.45) is 1.02. The quantitative estimate of drug-likeness (QED) is 0.613. The van der Waals surface area contributed by atoms with Crippen molar-refractivity contribution in [3.63, 3.8) is 0 Å². The Morgan fingerprint density at radius 2 is 2.00 bits per heavy atom. The topological polar surface area (TPSA) is 41.1 Å². The summed E-state index contributed by atoms with van der Waals surface area (Å²) in [5.41, 5.74) is 2.43. The van der Waals surface area contributed by atoms with Crippen molar-refractivity contribution in [2.75, 3.05) is 5.32 Å². The molecule has 1 atom stereocenters. The summed E-state index contributed by atoms with van der Waals surface area (Å²) in [7, 11) is 0. The van der Waals surface area contributed by atoms with Crippen molar-refractivity contribution >= 4 is 56.5 Å². The maximum absolute atomic E-state index is 12.3. The number of halogens is 2. The lowest BCUT2D eigenvalue weighted by Crippen LogP contribution is -2.34. The van der Waals surface area contributed by atoms with Gasteiger partial charge in [-0.1, -0.05) is 59.6 Å². The van der Waals surface area contributed by atoms with Crippen molar-refractivity contribution in [2.24, 2.45) is 0 Å². The lowest BCUT2D eigenvalue weighted by molar-refractivity contribution is 0.0978. The zero-order valence-corrected chi connectivity index (χ0v) is 16.6. The molecule has 24 heavy (non-hydrogen) atoms. The van der Waals surface area contributed by atoms with Gasteiger partial charge in [0.1, 0.15) is 0 Å². The molecule has 1 amide bonds. The largest absolute Gasteiger partial charge is 0.332 e. The first-order valence-corrected chi connectivity index (χ1v) is 9.16. The second-order valence-electron chi connectivity index (χ2n) is 5.43. The highest BCUT2D eigenvalue weighted by molar-refractivity contribution is 9.10. The Bertz CT molecular complexity index is 766. The van der Waals surface area contributed by atoms with E-state index in [1.165, 1.54) is 0 Å². The van der Waals surface area contributed by atoms with E-state index >= 15 is 0 Å². The molecule has 0 heterocycles. The minimum atomic E-state index is -0.347. The first-order chi connectivity index (χ1) is 11.4. The molecule has 0 saturated carbocycles. The van der Waals surface area contributed by atoms with E-state index in [9.17, 15) is 4.79 Å². The molecule has 6 heteroatoms. The number of hydrogen-bond acceptors (Lipinski definition) is 2. The summed E-state index contributed by atoms with van der Waals surface area (Å²) in [6, 6.07) is 13.0. The molecular formula is C18H18BrClN2OS. The molecule has 0 fully saturated rings. The van der Waals surface area contributed by atoms with Gasteiger partial charge in [0, 0.05) is 10.2 Å².